The van der Waals surface area contributed by atoms with Crippen LogP contribution in [0.15, 0.2) is 0 Å². The molecular formula is C7H12O3. The number of ether oxygens (including phenoxy) is 2. The maximum absolute atomic E-state index is 10.5. The van der Waals surface area contributed by atoms with Crippen LogP contribution in [0.1, 0.15) is 19.8 Å². The van der Waals surface area contributed by atoms with Crippen molar-refractivity contribution in [3.05, 3.63) is 0 Å². The summed E-state index contributed by atoms with van der Waals surface area (Å²) in [4.78, 5) is 10.5. The summed E-state index contributed by atoms with van der Waals surface area (Å²) in [6, 6.07) is 0. The van der Waals surface area contributed by atoms with E-state index < -0.39 is 6.16 Å². The number of carbonyl (C=O) groups excluding carboxylic acids is 1. The van der Waals surface area contributed by atoms with Crippen LogP contribution in [0.5, 0.6) is 0 Å². The normalized spacial score (nSPS) is 27.7. The number of hydrogen-bond acceptors (Lipinski definition) is 3. The lowest BCUT2D eigenvalue weighted by Gasteiger charge is -2.15. The molecule has 0 aromatic heterocycles. The van der Waals surface area contributed by atoms with Crippen LogP contribution in [0.2, 0.25) is 0 Å². The second kappa shape index (κ2) is 3.44. The first-order chi connectivity index (χ1) is 4.79. The van der Waals surface area contributed by atoms with Gasteiger partial charge in [0.15, 0.2) is 0 Å². The zero-order valence-electron chi connectivity index (χ0n) is 6.13. The van der Waals surface area contributed by atoms with Crippen molar-refractivity contribution in [2.45, 2.75) is 19.8 Å². The van der Waals surface area contributed by atoms with Crippen LogP contribution in [-0.4, -0.2) is 19.4 Å². The molecule has 0 aromatic carbocycles. The predicted molar refractivity (Wildman–Crippen MR) is 35.7 cm³/mol. The Labute approximate surface area is 60.3 Å². The van der Waals surface area contributed by atoms with E-state index in [1.807, 2.05) is 0 Å². The van der Waals surface area contributed by atoms with Gasteiger partial charge >= 0.3 is 6.16 Å². The molecule has 3 heteroatoms. The summed E-state index contributed by atoms with van der Waals surface area (Å²) in [7, 11) is 0. The van der Waals surface area contributed by atoms with Crippen molar-refractivity contribution in [3.63, 3.8) is 0 Å². The molecule has 1 unspecified atom stereocenters. The predicted octanol–water partition coefficient (Wildman–Crippen LogP) is 1.57. The van der Waals surface area contributed by atoms with E-state index in [2.05, 4.69) is 11.7 Å². The molecule has 0 radical (unpaired) electrons. The minimum atomic E-state index is -0.522. The Hall–Kier alpha value is -0.730. The van der Waals surface area contributed by atoms with E-state index in [-0.39, 0.29) is 0 Å². The number of rotatable bonds is 0. The minimum absolute atomic E-state index is 0.479. The van der Waals surface area contributed by atoms with Gasteiger partial charge in [0.2, 0.25) is 0 Å². The summed E-state index contributed by atoms with van der Waals surface area (Å²) < 4.78 is 9.40. The average Bonchev–Trinajstić information content (AvgIpc) is 1.90. The molecule has 0 bridgehead atoms. The molecule has 0 aromatic rings. The van der Waals surface area contributed by atoms with Crippen LogP contribution < -0.4 is 0 Å². The van der Waals surface area contributed by atoms with Crippen molar-refractivity contribution >= 4 is 6.16 Å². The SMILES string of the molecule is CC1CCCOC(=O)OC1. The number of carbonyl (C=O) groups is 1. The Bertz CT molecular complexity index is 122. The summed E-state index contributed by atoms with van der Waals surface area (Å²) in [6.07, 6.45) is 1.51. The fourth-order valence-corrected chi connectivity index (χ4v) is 0.923. The molecule has 1 atom stereocenters. The third-order valence-electron chi connectivity index (χ3n) is 1.55. The van der Waals surface area contributed by atoms with Crippen LogP contribution in [0.25, 0.3) is 0 Å². The molecule has 1 aliphatic rings. The van der Waals surface area contributed by atoms with Crippen LogP contribution in [-0.2, 0) is 9.47 Å². The van der Waals surface area contributed by atoms with E-state index in [1.54, 1.807) is 0 Å². The van der Waals surface area contributed by atoms with E-state index in [4.69, 9.17) is 4.74 Å². The van der Waals surface area contributed by atoms with Gasteiger partial charge in [0.1, 0.15) is 0 Å². The van der Waals surface area contributed by atoms with Crippen molar-refractivity contribution in [2.24, 2.45) is 5.92 Å². The molecule has 0 saturated carbocycles. The van der Waals surface area contributed by atoms with Gasteiger partial charge in [-0.05, 0) is 18.8 Å². The third-order valence-corrected chi connectivity index (χ3v) is 1.55. The Morgan fingerprint density at radius 3 is 3.10 bits per heavy atom. The summed E-state index contributed by atoms with van der Waals surface area (Å²) in [5, 5.41) is 0. The molecule has 1 fully saturated rings. The molecule has 3 nitrogen and oxygen atoms in total. The smallest absolute Gasteiger partial charge is 0.434 e. The lowest BCUT2D eigenvalue weighted by atomic mass is 10.1. The monoisotopic (exact) mass is 144 g/mol. The summed E-state index contributed by atoms with van der Waals surface area (Å²) in [6.45, 7) is 3.07. The van der Waals surface area contributed by atoms with Crippen molar-refractivity contribution < 1.29 is 14.3 Å². The molecule has 0 N–H and O–H groups in total. The Morgan fingerprint density at radius 1 is 1.50 bits per heavy atom. The van der Waals surface area contributed by atoms with E-state index in [0.717, 1.165) is 12.8 Å². The first-order valence-corrected chi connectivity index (χ1v) is 3.58. The van der Waals surface area contributed by atoms with E-state index in [1.165, 1.54) is 0 Å². The average molecular weight is 144 g/mol. The van der Waals surface area contributed by atoms with E-state index in [9.17, 15) is 4.79 Å². The van der Waals surface area contributed by atoms with Gasteiger partial charge < -0.3 is 9.47 Å². The molecule has 10 heavy (non-hydrogen) atoms. The summed E-state index contributed by atoms with van der Waals surface area (Å²) in [5.74, 6) is 0.479. The van der Waals surface area contributed by atoms with Crippen molar-refractivity contribution in [1.82, 2.24) is 0 Å². The molecule has 0 amide bonds. The molecule has 58 valence electrons. The van der Waals surface area contributed by atoms with Gasteiger partial charge in [-0.25, -0.2) is 4.79 Å². The van der Waals surface area contributed by atoms with Crippen molar-refractivity contribution in [3.8, 4) is 0 Å². The van der Waals surface area contributed by atoms with Gasteiger partial charge in [-0.15, -0.1) is 0 Å². The highest BCUT2D eigenvalue weighted by Gasteiger charge is 2.11. The number of hydrogen-bond donors (Lipinski definition) is 0. The highest BCUT2D eigenvalue weighted by atomic mass is 16.7. The highest BCUT2D eigenvalue weighted by molar-refractivity contribution is 5.59. The maximum Gasteiger partial charge on any atom is 0.508 e. The largest absolute Gasteiger partial charge is 0.508 e. The first kappa shape index (κ1) is 7.38. The van der Waals surface area contributed by atoms with Crippen LogP contribution in [0.4, 0.5) is 4.79 Å². The van der Waals surface area contributed by atoms with Crippen LogP contribution in [0.3, 0.4) is 0 Å². The van der Waals surface area contributed by atoms with Gasteiger partial charge in [-0.1, -0.05) is 6.92 Å². The third kappa shape index (κ3) is 2.25. The summed E-state index contributed by atoms with van der Waals surface area (Å²) in [5.41, 5.74) is 0. The lowest BCUT2D eigenvalue weighted by Crippen LogP contribution is -2.17. The van der Waals surface area contributed by atoms with Gasteiger partial charge in [-0.3, -0.25) is 0 Å². The van der Waals surface area contributed by atoms with Gasteiger partial charge in [0, 0.05) is 0 Å². The quantitative estimate of drug-likeness (QED) is 0.484. The number of cyclic esters (lactones) is 2. The molecule has 1 aliphatic heterocycles. The molecule has 1 saturated heterocycles. The van der Waals surface area contributed by atoms with Crippen molar-refractivity contribution in [2.75, 3.05) is 13.2 Å². The molecule has 1 rings (SSSR count). The van der Waals surface area contributed by atoms with Crippen LogP contribution >= 0.6 is 0 Å². The van der Waals surface area contributed by atoms with Crippen molar-refractivity contribution in [1.29, 1.82) is 0 Å². The first-order valence-electron chi connectivity index (χ1n) is 3.58. The minimum Gasteiger partial charge on any atom is -0.434 e. The highest BCUT2D eigenvalue weighted by Crippen LogP contribution is 2.09. The maximum atomic E-state index is 10.5. The molecule has 1 heterocycles. The topological polar surface area (TPSA) is 35.5 Å². The fourth-order valence-electron chi connectivity index (χ4n) is 0.923. The van der Waals surface area contributed by atoms with Gasteiger partial charge in [0.05, 0.1) is 13.2 Å². The second-order valence-electron chi connectivity index (χ2n) is 2.66. The zero-order valence-corrected chi connectivity index (χ0v) is 6.13. The fraction of sp³-hybridized carbons (Fsp3) is 0.857. The Kier molecular flexibility index (Phi) is 2.54. The van der Waals surface area contributed by atoms with Crippen LogP contribution in [0, 0.1) is 5.92 Å². The van der Waals surface area contributed by atoms with Gasteiger partial charge in [0.25, 0.3) is 0 Å². The Morgan fingerprint density at radius 2 is 2.30 bits per heavy atom. The summed E-state index contributed by atoms with van der Waals surface area (Å²) >= 11 is 0. The van der Waals surface area contributed by atoms with E-state index in [0.29, 0.717) is 19.1 Å². The lowest BCUT2D eigenvalue weighted by molar-refractivity contribution is 0.0305. The zero-order chi connectivity index (χ0) is 7.40. The molecule has 0 aliphatic carbocycles. The molecule has 0 spiro atoms. The Balaban J connectivity index is 2.29. The second-order valence-corrected chi connectivity index (χ2v) is 2.66. The van der Waals surface area contributed by atoms with E-state index >= 15 is 0 Å². The molecular weight excluding hydrogens is 132 g/mol. The standard InChI is InChI=1S/C7H12O3/c1-6-3-2-4-9-7(8)10-5-6/h6H,2-5H2,1H3. The van der Waals surface area contributed by atoms with Gasteiger partial charge in [-0.2, -0.15) is 0 Å².